The van der Waals surface area contributed by atoms with Crippen LogP contribution in [0.1, 0.15) is 53.2 Å². The fourth-order valence-corrected chi connectivity index (χ4v) is 2.93. The van der Waals surface area contributed by atoms with Gasteiger partial charge in [0, 0.05) is 17.3 Å². The van der Waals surface area contributed by atoms with Crippen LogP contribution in [0.3, 0.4) is 0 Å². The zero-order valence-electron chi connectivity index (χ0n) is 11.7. The van der Waals surface area contributed by atoms with E-state index >= 15 is 0 Å². The van der Waals surface area contributed by atoms with Gasteiger partial charge in [-0.1, -0.05) is 6.92 Å². The molecule has 0 saturated heterocycles. The van der Waals surface area contributed by atoms with Crippen molar-refractivity contribution in [3.8, 4) is 0 Å². The molecule has 0 bridgehead atoms. The smallest absolute Gasteiger partial charge is 0.303 e. The summed E-state index contributed by atoms with van der Waals surface area (Å²) < 4.78 is 0. The van der Waals surface area contributed by atoms with Crippen LogP contribution in [0.4, 0.5) is 0 Å². The Bertz CT molecular complexity index is 454. The first-order chi connectivity index (χ1) is 8.93. The number of hydrogen-bond donors (Lipinski definition) is 2. The van der Waals surface area contributed by atoms with E-state index in [9.17, 15) is 9.59 Å². The molecule has 1 heterocycles. The second-order valence-electron chi connectivity index (χ2n) is 4.73. The van der Waals surface area contributed by atoms with Gasteiger partial charge in [-0.05, 0) is 44.7 Å². The SMILES string of the molecule is CCc1sc(C(=O)NC(C)CCCC(=O)O)cc1C. The van der Waals surface area contributed by atoms with Gasteiger partial charge in [0.2, 0.25) is 0 Å². The fraction of sp³-hybridized carbons (Fsp3) is 0.571. The summed E-state index contributed by atoms with van der Waals surface area (Å²) in [7, 11) is 0. The van der Waals surface area contributed by atoms with E-state index in [1.807, 2.05) is 19.9 Å². The van der Waals surface area contributed by atoms with Crippen LogP contribution in [0.15, 0.2) is 6.07 Å². The molecule has 19 heavy (non-hydrogen) atoms. The molecule has 0 aromatic carbocycles. The molecule has 1 rings (SSSR count). The molecule has 1 unspecified atom stereocenters. The lowest BCUT2D eigenvalue weighted by atomic mass is 10.1. The largest absolute Gasteiger partial charge is 0.481 e. The van der Waals surface area contributed by atoms with E-state index in [-0.39, 0.29) is 18.4 Å². The molecule has 0 aliphatic rings. The van der Waals surface area contributed by atoms with Crippen molar-refractivity contribution in [1.29, 1.82) is 0 Å². The lowest BCUT2D eigenvalue weighted by molar-refractivity contribution is -0.137. The van der Waals surface area contributed by atoms with Gasteiger partial charge in [0.1, 0.15) is 0 Å². The third kappa shape index (κ3) is 5.03. The normalized spacial score (nSPS) is 12.2. The van der Waals surface area contributed by atoms with Crippen LogP contribution in [0.2, 0.25) is 0 Å². The van der Waals surface area contributed by atoms with Gasteiger partial charge in [-0.3, -0.25) is 9.59 Å². The van der Waals surface area contributed by atoms with Crippen molar-refractivity contribution in [2.24, 2.45) is 0 Å². The lowest BCUT2D eigenvalue weighted by Gasteiger charge is -2.12. The first kappa shape index (κ1) is 15.7. The van der Waals surface area contributed by atoms with Gasteiger partial charge < -0.3 is 10.4 Å². The van der Waals surface area contributed by atoms with Crippen molar-refractivity contribution in [3.05, 3.63) is 21.4 Å². The van der Waals surface area contributed by atoms with E-state index in [0.717, 1.165) is 16.9 Å². The summed E-state index contributed by atoms with van der Waals surface area (Å²) in [5, 5.41) is 11.5. The molecule has 1 aromatic rings. The number of carboxylic acids is 1. The summed E-state index contributed by atoms with van der Waals surface area (Å²) in [6.07, 6.45) is 2.36. The summed E-state index contributed by atoms with van der Waals surface area (Å²) >= 11 is 1.53. The Balaban J connectivity index is 2.47. The molecule has 0 aliphatic carbocycles. The van der Waals surface area contributed by atoms with Crippen LogP contribution >= 0.6 is 11.3 Å². The topological polar surface area (TPSA) is 66.4 Å². The van der Waals surface area contributed by atoms with E-state index < -0.39 is 5.97 Å². The number of hydrogen-bond acceptors (Lipinski definition) is 3. The van der Waals surface area contributed by atoms with Crippen molar-refractivity contribution in [1.82, 2.24) is 5.32 Å². The molecule has 2 N–H and O–H groups in total. The minimum atomic E-state index is -0.792. The summed E-state index contributed by atoms with van der Waals surface area (Å²) in [5.74, 6) is -0.851. The molecule has 1 amide bonds. The number of carbonyl (C=O) groups is 2. The highest BCUT2D eigenvalue weighted by Crippen LogP contribution is 2.22. The zero-order chi connectivity index (χ0) is 14.4. The predicted octanol–water partition coefficient (Wildman–Crippen LogP) is 2.99. The molecule has 1 atom stereocenters. The van der Waals surface area contributed by atoms with Crippen LogP contribution in [0.5, 0.6) is 0 Å². The Morgan fingerprint density at radius 2 is 2.16 bits per heavy atom. The fourth-order valence-electron chi connectivity index (χ4n) is 1.91. The van der Waals surface area contributed by atoms with E-state index in [1.54, 1.807) is 0 Å². The van der Waals surface area contributed by atoms with Crippen LogP contribution in [-0.2, 0) is 11.2 Å². The minimum absolute atomic E-state index is 0.000618. The van der Waals surface area contributed by atoms with Crippen LogP contribution in [0, 0.1) is 6.92 Å². The first-order valence-electron chi connectivity index (χ1n) is 6.56. The van der Waals surface area contributed by atoms with E-state index in [2.05, 4.69) is 12.2 Å². The number of rotatable bonds is 7. The quantitative estimate of drug-likeness (QED) is 0.808. The molecular formula is C14H21NO3S. The Labute approximate surface area is 117 Å². The van der Waals surface area contributed by atoms with Gasteiger partial charge in [-0.25, -0.2) is 0 Å². The average Bonchev–Trinajstić information content (AvgIpc) is 2.70. The minimum Gasteiger partial charge on any atom is -0.481 e. The van der Waals surface area contributed by atoms with Crippen LogP contribution in [0.25, 0.3) is 0 Å². The van der Waals surface area contributed by atoms with Crippen molar-refractivity contribution in [2.75, 3.05) is 0 Å². The van der Waals surface area contributed by atoms with Crippen LogP contribution in [-0.4, -0.2) is 23.0 Å². The second kappa shape index (κ2) is 7.28. The standard InChI is InChI=1S/C14H21NO3S/c1-4-11-9(2)8-12(19-11)14(18)15-10(3)6-5-7-13(16)17/h8,10H,4-7H2,1-3H3,(H,15,18)(H,16,17). The van der Waals surface area contributed by atoms with Gasteiger partial charge in [0.25, 0.3) is 5.91 Å². The Kier molecular flexibility index (Phi) is 6.02. The van der Waals surface area contributed by atoms with Gasteiger partial charge in [0.15, 0.2) is 0 Å². The van der Waals surface area contributed by atoms with Gasteiger partial charge in [0.05, 0.1) is 4.88 Å². The molecule has 0 fully saturated rings. The highest BCUT2D eigenvalue weighted by atomic mass is 32.1. The molecular weight excluding hydrogens is 262 g/mol. The monoisotopic (exact) mass is 283 g/mol. The number of carbonyl (C=O) groups excluding carboxylic acids is 1. The first-order valence-corrected chi connectivity index (χ1v) is 7.37. The third-order valence-corrected chi connectivity index (χ3v) is 4.35. The molecule has 4 nitrogen and oxygen atoms in total. The molecule has 0 saturated carbocycles. The molecule has 106 valence electrons. The van der Waals surface area contributed by atoms with Crippen molar-refractivity contribution in [3.63, 3.8) is 0 Å². The van der Waals surface area contributed by atoms with E-state index in [1.165, 1.54) is 16.2 Å². The van der Waals surface area contributed by atoms with Crippen molar-refractivity contribution < 1.29 is 14.7 Å². The summed E-state index contributed by atoms with van der Waals surface area (Å²) in [5.41, 5.74) is 1.16. The lowest BCUT2D eigenvalue weighted by Crippen LogP contribution is -2.32. The third-order valence-electron chi connectivity index (χ3n) is 2.97. The molecule has 0 radical (unpaired) electrons. The van der Waals surface area contributed by atoms with Gasteiger partial charge in [-0.15, -0.1) is 11.3 Å². The van der Waals surface area contributed by atoms with Gasteiger partial charge in [-0.2, -0.15) is 0 Å². The zero-order valence-corrected chi connectivity index (χ0v) is 12.5. The highest BCUT2D eigenvalue weighted by Gasteiger charge is 2.14. The number of nitrogens with one attached hydrogen (secondary N) is 1. The summed E-state index contributed by atoms with van der Waals surface area (Å²) in [6, 6.07) is 1.92. The summed E-state index contributed by atoms with van der Waals surface area (Å²) in [6.45, 7) is 6.00. The highest BCUT2D eigenvalue weighted by molar-refractivity contribution is 7.14. The number of aliphatic carboxylic acids is 1. The number of carboxylic acid groups (broad SMARTS) is 1. The van der Waals surface area contributed by atoms with Crippen molar-refractivity contribution >= 4 is 23.2 Å². The molecule has 5 heteroatoms. The van der Waals surface area contributed by atoms with Crippen LogP contribution < -0.4 is 5.32 Å². The Morgan fingerprint density at radius 3 is 2.68 bits per heavy atom. The number of aryl methyl sites for hydroxylation is 2. The summed E-state index contributed by atoms with van der Waals surface area (Å²) in [4.78, 5) is 24.4. The second-order valence-corrected chi connectivity index (χ2v) is 5.87. The number of amides is 1. The molecule has 0 spiro atoms. The van der Waals surface area contributed by atoms with Gasteiger partial charge >= 0.3 is 5.97 Å². The Hall–Kier alpha value is -1.36. The van der Waals surface area contributed by atoms with Crippen molar-refractivity contribution in [2.45, 2.75) is 52.5 Å². The average molecular weight is 283 g/mol. The number of thiophene rings is 1. The maximum atomic E-state index is 12.0. The molecule has 0 aliphatic heterocycles. The molecule has 1 aromatic heterocycles. The maximum Gasteiger partial charge on any atom is 0.303 e. The van der Waals surface area contributed by atoms with E-state index in [0.29, 0.717) is 12.8 Å². The maximum absolute atomic E-state index is 12.0. The van der Waals surface area contributed by atoms with E-state index in [4.69, 9.17) is 5.11 Å². The Morgan fingerprint density at radius 1 is 1.47 bits per heavy atom. The predicted molar refractivity (Wildman–Crippen MR) is 76.8 cm³/mol.